The monoisotopic (exact) mass is 1260 g/mol. The lowest BCUT2D eigenvalue weighted by molar-refractivity contribution is 0.481. The summed E-state index contributed by atoms with van der Waals surface area (Å²) in [5.41, 5.74) is 17.2. The van der Waals surface area contributed by atoms with Crippen LogP contribution in [0.5, 0.6) is 11.5 Å². The van der Waals surface area contributed by atoms with Gasteiger partial charge in [0.05, 0.1) is 38.3 Å². The molecule has 11 aromatic carbocycles. The van der Waals surface area contributed by atoms with Crippen LogP contribution in [-0.4, -0.2) is 24.2 Å². The van der Waals surface area contributed by atoms with Gasteiger partial charge >= 0.3 is 0 Å². The van der Waals surface area contributed by atoms with E-state index in [1.165, 1.54) is 48.6 Å². The fourth-order valence-corrected chi connectivity index (χ4v) is 20.4. The summed E-state index contributed by atoms with van der Waals surface area (Å²) in [5, 5.41) is 7.31. The molecule has 0 saturated heterocycles. The van der Waals surface area contributed by atoms with E-state index in [0.717, 1.165) is 95.4 Å². The zero-order chi connectivity index (χ0) is 64.6. The fourth-order valence-electron chi connectivity index (χ4n) is 14.6. The number of rotatable bonds is 12. The van der Waals surface area contributed by atoms with Gasteiger partial charge < -0.3 is 19.0 Å². The number of ether oxygens (including phenoxy) is 1. The topological polar surface area (TPSA) is 28.9 Å². The zero-order valence-electron chi connectivity index (χ0n) is 55.4. The number of nitrogens with zero attached hydrogens (tertiary/aromatic N) is 2. The second-order valence-corrected chi connectivity index (χ2v) is 44.5. The molecule has 92 heavy (non-hydrogen) atoms. The summed E-state index contributed by atoms with van der Waals surface area (Å²) in [5.74, 6) is 0.874. The Labute approximate surface area is 544 Å². The minimum atomic E-state index is -2.77. The Hall–Kier alpha value is -8.87. The highest BCUT2D eigenvalue weighted by Gasteiger charge is 2.54. The van der Waals surface area contributed by atoms with Crippen molar-refractivity contribution in [2.45, 2.75) is 110 Å². The van der Waals surface area contributed by atoms with Crippen molar-refractivity contribution in [3.05, 3.63) is 276 Å². The first-order chi connectivity index (χ1) is 43.7. The van der Waals surface area contributed by atoms with E-state index < -0.39 is 29.6 Å². The number of furan rings is 1. The molecule has 1 aliphatic heterocycles. The predicted octanol–water partition coefficient (Wildman–Crippen LogP) is 21.4. The van der Waals surface area contributed by atoms with E-state index in [-0.39, 0.29) is 22.5 Å². The van der Waals surface area contributed by atoms with Gasteiger partial charge in [-0.2, -0.15) is 0 Å². The van der Waals surface area contributed by atoms with Gasteiger partial charge in [0.1, 0.15) is 42.4 Å². The van der Waals surface area contributed by atoms with Crippen LogP contribution in [0.4, 0.5) is 42.9 Å². The van der Waals surface area contributed by atoms with Crippen molar-refractivity contribution in [3.8, 4) is 33.8 Å². The average molecular weight is 1260 g/mol. The van der Waals surface area contributed by atoms with Gasteiger partial charge in [-0.05, 0) is 181 Å². The van der Waals surface area contributed by atoms with Crippen LogP contribution in [0.3, 0.4) is 0 Å². The third kappa shape index (κ3) is 10.1. The van der Waals surface area contributed by atoms with Crippen LogP contribution in [-0.2, 0) is 16.2 Å². The van der Waals surface area contributed by atoms with Crippen molar-refractivity contribution in [1.82, 2.24) is 0 Å². The normalized spacial score (nSPS) is 15.1. The maximum atomic E-state index is 15.5. The van der Waals surface area contributed by atoms with Crippen LogP contribution < -0.4 is 35.3 Å². The summed E-state index contributed by atoms with van der Waals surface area (Å²) in [7, 11) is -6.26. The van der Waals surface area contributed by atoms with E-state index in [0.29, 0.717) is 0 Å². The highest BCUT2D eigenvalue weighted by Crippen LogP contribution is 2.63. The molecular formula is C83H80F2N2O2Si3. The Morgan fingerprint density at radius 1 is 0.446 bits per heavy atom. The Bertz CT molecular complexity index is 4820. The van der Waals surface area contributed by atoms with E-state index in [1.807, 2.05) is 24.3 Å². The third-order valence-electron chi connectivity index (χ3n) is 19.6. The Kier molecular flexibility index (Phi) is 14.4. The molecule has 1 unspecified atom stereocenters. The quantitative estimate of drug-likeness (QED) is 0.114. The lowest BCUT2D eigenvalue weighted by Crippen LogP contribution is -2.50. The van der Waals surface area contributed by atoms with Crippen molar-refractivity contribution in [2.75, 3.05) is 9.80 Å². The number of halogens is 2. The standard InChI is InChI=1S/C83H80F2N2O2Si3/c1-81(2,3)53-23-25-55(26-24-53)83(56-29-45-64(46-30-56)88-63-43-27-54(28-44-63)82(4,5)6)69-51-71(86(59-35-31-57(84)32-36-59)61-39-47-65(48-40-61)90(7,8)9)75-67-19-15-17-21-73(67)89-79(75)77(69)78-70(83)52-72(76-68-20-16-18-22-74(68)92(13,14)80(76)78)87(60-37-33-58(85)34-38-60)62-41-49-66(50-42-62)91(10,11)12/h15-52H,1-14H3. The van der Waals surface area contributed by atoms with E-state index in [4.69, 9.17) is 9.15 Å². The molecule has 14 rings (SSSR count). The number of benzene rings is 11. The third-order valence-corrected chi connectivity index (χ3v) is 27.2. The Morgan fingerprint density at radius 3 is 1.36 bits per heavy atom. The van der Waals surface area contributed by atoms with Crippen molar-refractivity contribution in [3.63, 3.8) is 0 Å². The van der Waals surface area contributed by atoms with E-state index in [1.54, 1.807) is 24.3 Å². The van der Waals surface area contributed by atoms with Crippen LogP contribution in [0.1, 0.15) is 74.9 Å². The lowest BCUT2D eigenvalue weighted by Gasteiger charge is -2.37. The largest absolute Gasteiger partial charge is 0.457 e. The number of anilines is 6. The predicted molar refractivity (Wildman–Crippen MR) is 392 cm³/mol. The van der Waals surface area contributed by atoms with E-state index in [9.17, 15) is 0 Å². The van der Waals surface area contributed by atoms with Crippen LogP contribution in [0.25, 0.3) is 44.2 Å². The number of hydrogen-bond donors (Lipinski definition) is 0. The number of fused-ring (bicyclic) bond motifs is 11. The Balaban J connectivity index is 1.17. The molecule has 0 bridgehead atoms. The van der Waals surface area contributed by atoms with E-state index in [2.05, 4.69) is 286 Å². The molecule has 0 amide bonds. The van der Waals surface area contributed by atoms with Gasteiger partial charge in [0.2, 0.25) is 0 Å². The average Bonchev–Trinajstić information content (AvgIpc) is 1.49. The molecule has 12 aromatic rings. The SMILES string of the molecule is CC(C)(C)c1ccc(Oc2ccc(C3(c4ccc(C(C)(C)C)cc4)c4cc(N(c5ccc(F)cc5)c5ccc([Si](C)(C)C)cc5)c5c(c4-c4c3cc(N(c3ccc(F)cc3)c3ccc([Si](C)(C)C)cc3)c3c4oc4ccccc43)[Si](C)(C)c3ccccc3-5)cc2)cc1. The summed E-state index contributed by atoms with van der Waals surface area (Å²) >= 11 is 0. The van der Waals surface area contributed by atoms with Gasteiger partial charge in [-0.1, -0.05) is 220 Å². The minimum Gasteiger partial charge on any atom is -0.457 e. The van der Waals surface area contributed by atoms with Crippen molar-refractivity contribution >= 4 is 101 Å². The molecular weight excluding hydrogens is 1180 g/mol. The summed E-state index contributed by atoms with van der Waals surface area (Å²) in [6.07, 6.45) is 0. The molecule has 0 radical (unpaired) electrons. The summed E-state index contributed by atoms with van der Waals surface area (Å²) in [4.78, 5) is 4.71. The molecule has 4 nitrogen and oxygen atoms in total. The molecule has 0 fully saturated rings. The summed E-state index contributed by atoms with van der Waals surface area (Å²) in [6, 6.07) is 81.3. The van der Waals surface area contributed by atoms with Gasteiger partial charge in [0.15, 0.2) is 0 Å². The molecule has 9 heteroatoms. The molecule has 460 valence electrons. The van der Waals surface area contributed by atoms with Crippen LogP contribution in [0.2, 0.25) is 52.4 Å². The fraction of sp³-hybridized carbons (Fsp3) is 0.205. The van der Waals surface area contributed by atoms with Gasteiger partial charge in [0.25, 0.3) is 0 Å². The molecule has 1 atom stereocenters. The number of para-hydroxylation sites is 1. The van der Waals surface area contributed by atoms with Gasteiger partial charge in [-0.3, -0.25) is 0 Å². The van der Waals surface area contributed by atoms with Crippen LogP contribution in [0.15, 0.2) is 235 Å². The molecule has 0 saturated carbocycles. The highest BCUT2D eigenvalue weighted by molar-refractivity contribution is 7.05. The van der Waals surface area contributed by atoms with Gasteiger partial charge in [0, 0.05) is 39.3 Å². The lowest BCUT2D eigenvalue weighted by atomic mass is 9.67. The van der Waals surface area contributed by atoms with E-state index >= 15 is 8.78 Å². The maximum Gasteiger partial charge on any atom is 0.145 e. The Morgan fingerprint density at radius 2 is 0.859 bits per heavy atom. The minimum absolute atomic E-state index is 0.00953. The van der Waals surface area contributed by atoms with Crippen molar-refractivity contribution < 1.29 is 17.9 Å². The molecule has 0 spiro atoms. The molecule has 2 aliphatic rings. The second-order valence-electron chi connectivity index (χ2n) is 30.1. The first-order valence-corrected chi connectivity index (χ1v) is 42.3. The van der Waals surface area contributed by atoms with Gasteiger partial charge in [-0.25, -0.2) is 8.78 Å². The van der Waals surface area contributed by atoms with Crippen LogP contribution >= 0.6 is 0 Å². The first kappa shape index (κ1) is 60.7. The second kappa shape index (κ2) is 21.9. The molecule has 2 heterocycles. The van der Waals surface area contributed by atoms with Crippen molar-refractivity contribution in [2.24, 2.45) is 0 Å². The first-order valence-electron chi connectivity index (χ1n) is 32.3. The smallest absolute Gasteiger partial charge is 0.145 e. The summed E-state index contributed by atoms with van der Waals surface area (Å²) < 4.78 is 45.5. The highest BCUT2D eigenvalue weighted by atomic mass is 28.3. The molecule has 1 aromatic heterocycles. The molecule has 1 aliphatic carbocycles. The van der Waals surface area contributed by atoms with Crippen molar-refractivity contribution in [1.29, 1.82) is 0 Å². The zero-order valence-corrected chi connectivity index (χ0v) is 58.4. The van der Waals surface area contributed by atoms with Crippen LogP contribution in [0, 0.1) is 11.6 Å². The summed E-state index contributed by atoms with van der Waals surface area (Å²) in [6.45, 7) is 32.9. The maximum absolute atomic E-state index is 15.5. The molecule has 0 N–H and O–H groups in total. The van der Waals surface area contributed by atoms with Gasteiger partial charge in [-0.15, -0.1) is 0 Å². The number of hydrogen-bond acceptors (Lipinski definition) is 4.